The van der Waals surface area contributed by atoms with Gasteiger partial charge in [-0.15, -0.1) is 0 Å². The molecule has 0 atom stereocenters. The highest BCUT2D eigenvalue weighted by Gasteiger charge is 2.08. The molecule has 0 radical (unpaired) electrons. The largest absolute Gasteiger partial charge is 0.489 e. The van der Waals surface area contributed by atoms with Crippen LogP contribution in [0.1, 0.15) is 21.5 Å². The Balaban J connectivity index is 1.61. The van der Waals surface area contributed by atoms with Crippen molar-refractivity contribution >= 4 is 11.6 Å². The van der Waals surface area contributed by atoms with Crippen molar-refractivity contribution in [2.24, 2.45) is 7.05 Å². The van der Waals surface area contributed by atoms with E-state index in [1.165, 1.54) is 6.20 Å². The molecule has 0 unspecified atom stereocenters. The first kappa shape index (κ1) is 16.7. The number of carbonyl (C=O) groups excluding carboxylic acids is 1. The summed E-state index contributed by atoms with van der Waals surface area (Å²) in [6.07, 6.45) is 3.18. The number of aliphatic hydroxyl groups excluding tert-OH is 1. The fraction of sp³-hybridized carbons (Fsp3) is 0.158. The van der Waals surface area contributed by atoms with Crippen LogP contribution < -0.4 is 10.1 Å². The van der Waals surface area contributed by atoms with Gasteiger partial charge in [0.25, 0.3) is 5.91 Å². The maximum atomic E-state index is 12.2. The lowest BCUT2D eigenvalue weighted by molar-refractivity contribution is 0.102. The van der Waals surface area contributed by atoms with Crippen LogP contribution in [0.4, 0.5) is 5.69 Å². The van der Waals surface area contributed by atoms with Gasteiger partial charge in [-0.05, 0) is 23.3 Å². The molecule has 0 fully saturated rings. The molecule has 128 valence electrons. The number of anilines is 1. The van der Waals surface area contributed by atoms with E-state index in [2.05, 4.69) is 10.4 Å². The lowest BCUT2D eigenvalue weighted by Gasteiger charge is -2.09. The minimum atomic E-state index is -0.218. The third-order valence-corrected chi connectivity index (χ3v) is 3.67. The molecular formula is C19H19N3O3. The summed E-state index contributed by atoms with van der Waals surface area (Å²) in [6.45, 7) is 0.436. The topological polar surface area (TPSA) is 76.4 Å². The Morgan fingerprint density at radius 2 is 1.96 bits per heavy atom. The molecule has 6 nitrogen and oxygen atoms in total. The molecule has 3 aromatic rings. The van der Waals surface area contributed by atoms with Crippen LogP contribution in [0.5, 0.6) is 5.75 Å². The predicted octanol–water partition coefficient (Wildman–Crippen LogP) is 2.74. The van der Waals surface area contributed by atoms with Gasteiger partial charge in [-0.1, -0.05) is 30.3 Å². The summed E-state index contributed by atoms with van der Waals surface area (Å²) in [7, 11) is 1.76. The Hall–Kier alpha value is -3.12. The Morgan fingerprint density at radius 1 is 1.20 bits per heavy atom. The van der Waals surface area contributed by atoms with Crippen molar-refractivity contribution in [2.75, 3.05) is 5.32 Å². The van der Waals surface area contributed by atoms with E-state index in [0.717, 1.165) is 11.1 Å². The lowest BCUT2D eigenvalue weighted by atomic mass is 10.1. The van der Waals surface area contributed by atoms with Gasteiger partial charge in [0.2, 0.25) is 0 Å². The van der Waals surface area contributed by atoms with Gasteiger partial charge in [-0.2, -0.15) is 5.10 Å². The van der Waals surface area contributed by atoms with Gasteiger partial charge < -0.3 is 15.2 Å². The van der Waals surface area contributed by atoms with Gasteiger partial charge in [0.1, 0.15) is 12.4 Å². The Bertz CT molecular complexity index is 856. The molecule has 6 heteroatoms. The number of nitrogens with one attached hydrogen (secondary N) is 1. The van der Waals surface area contributed by atoms with E-state index in [1.54, 1.807) is 30.1 Å². The molecular weight excluding hydrogens is 318 g/mol. The molecule has 1 amide bonds. The molecule has 1 heterocycles. The lowest BCUT2D eigenvalue weighted by Crippen LogP contribution is -2.11. The number of carbonyl (C=O) groups is 1. The van der Waals surface area contributed by atoms with Crippen molar-refractivity contribution in [1.82, 2.24) is 9.78 Å². The molecule has 0 spiro atoms. The number of nitrogens with zero attached hydrogens (tertiary/aromatic N) is 2. The normalized spacial score (nSPS) is 10.5. The second-order valence-electron chi connectivity index (χ2n) is 5.65. The van der Waals surface area contributed by atoms with E-state index < -0.39 is 0 Å². The van der Waals surface area contributed by atoms with Crippen molar-refractivity contribution < 1.29 is 14.6 Å². The summed E-state index contributed by atoms with van der Waals surface area (Å²) in [6, 6.07) is 14.8. The highest BCUT2D eigenvalue weighted by Crippen LogP contribution is 2.19. The van der Waals surface area contributed by atoms with E-state index in [4.69, 9.17) is 9.84 Å². The molecule has 0 bridgehead atoms. The van der Waals surface area contributed by atoms with Crippen LogP contribution in [-0.4, -0.2) is 20.8 Å². The van der Waals surface area contributed by atoms with Gasteiger partial charge >= 0.3 is 0 Å². The molecule has 0 aliphatic carbocycles. The average Bonchev–Trinajstić information content (AvgIpc) is 3.07. The number of amides is 1. The molecule has 0 aliphatic rings. The van der Waals surface area contributed by atoms with Crippen molar-refractivity contribution in [3.8, 4) is 5.75 Å². The van der Waals surface area contributed by atoms with Crippen LogP contribution in [0.3, 0.4) is 0 Å². The molecule has 2 aromatic carbocycles. The standard InChI is InChI=1S/C19H19N3O3/c1-22-11-16(10-20-22)19(24)21-17-3-2-4-18(9-17)25-13-15-7-5-14(12-23)6-8-15/h2-11,23H,12-13H2,1H3,(H,21,24). The van der Waals surface area contributed by atoms with Crippen LogP contribution in [0.15, 0.2) is 60.9 Å². The van der Waals surface area contributed by atoms with Crippen LogP contribution in [0.2, 0.25) is 0 Å². The van der Waals surface area contributed by atoms with E-state index >= 15 is 0 Å². The highest BCUT2D eigenvalue weighted by molar-refractivity contribution is 6.04. The van der Waals surface area contributed by atoms with Gasteiger partial charge in [0.15, 0.2) is 0 Å². The van der Waals surface area contributed by atoms with E-state index in [9.17, 15) is 4.79 Å². The average molecular weight is 337 g/mol. The Morgan fingerprint density at radius 3 is 2.64 bits per heavy atom. The predicted molar refractivity (Wildman–Crippen MR) is 94.3 cm³/mol. The summed E-state index contributed by atoms with van der Waals surface area (Å²) in [5.41, 5.74) is 3.02. The van der Waals surface area contributed by atoms with Gasteiger partial charge in [0, 0.05) is 25.0 Å². The van der Waals surface area contributed by atoms with Crippen LogP contribution in [0.25, 0.3) is 0 Å². The maximum Gasteiger partial charge on any atom is 0.258 e. The molecule has 0 aliphatic heterocycles. The first-order chi connectivity index (χ1) is 12.1. The van der Waals surface area contributed by atoms with E-state index in [1.807, 2.05) is 36.4 Å². The molecule has 2 N–H and O–H groups in total. The van der Waals surface area contributed by atoms with E-state index in [-0.39, 0.29) is 12.5 Å². The molecule has 25 heavy (non-hydrogen) atoms. The van der Waals surface area contributed by atoms with Gasteiger partial charge in [-0.25, -0.2) is 0 Å². The SMILES string of the molecule is Cn1cc(C(=O)Nc2cccc(OCc3ccc(CO)cc3)c2)cn1. The molecule has 0 saturated carbocycles. The third kappa shape index (κ3) is 4.45. The van der Waals surface area contributed by atoms with E-state index in [0.29, 0.717) is 23.6 Å². The van der Waals surface area contributed by atoms with Gasteiger partial charge in [0.05, 0.1) is 18.4 Å². The first-order valence-corrected chi connectivity index (χ1v) is 7.85. The fourth-order valence-corrected chi connectivity index (χ4v) is 2.31. The highest BCUT2D eigenvalue weighted by atomic mass is 16.5. The number of aliphatic hydroxyl groups is 1. The fourth-order valence-electron chi connectivity index (χ4n) is 2.31. The van der Waals surface area contributed by atoms with Crippen molar-refractivity contribution in [3.63, 3.8) is 0 Å². The summed E-state index contributed by atoms with van der Waals surface area (Å²) >= 11 is 0. The summed E-state index contributed by atoms with van der Waals surface area (Å²) in [4.78, 5) is 12.2. The van der Waals surface area contributed by atoms with Crippen molar-refractivity contribution in [2.45, 2.75) is 13.2 Å². The Kier molecular flexibility index (Phi) is 5.11. The number of benzene rings is 2. The molecule has 3 rings (SSSR count). The van der Waals surface area contributed by atoms with Crippen LogP contribution >= 0.6 is 0 Å². The number of rotatable bonds is 6. The smallest absolute Gasteiger partial charge is 0.258 e. The monoisotopic (exact) mass is 337 g/mol. The zero-order valence-electron chi connectivity index (χ0n) is 13.8. The first-order valence-electron chi connectivity index (χ1n) is 7.85. The minimum Gasteiger partial charge on any atom is -0.489 e. The zero-order chi connectivity index (χ0) is 17.6. The van der Waals surface area contributed by atoms with Crippen molar-refractivity contribution in [3.05, 3.63) is 77.6 Å². The minimum absolute atomic E-state index is 0.0276. The van der Waals surface area contributed by atoms with Crippen LogP contribution in [0, 0.1) is 0 Å². The third-order valence-electron chi connectivity index (χ3n) is 3.67. The number of aromatic nitrogens is 2. The summed E-state index contributed by atoms with van der Waals surface area (Å²) in [5, 5.41) is 15.9. The summed E-state index contributed by atoms with van der Waals surface area (Å²) in [5.74, 6) is 0.445. The quantitative estimate of drug-likeness (QED) is 0.725. The Labute approximate surface area is 145 Å². The van der Waals surface area contributed by atoms with Crippen LogP contribution in [-0.2, 0) is 20.3 Å². The summed E-state index contributed by atoms with van der Waals surface area (Å²) < 4.78 is 7.35. The molecule has 1 aromatic heterocycles. The number of hydrogen-bond donors (Lipinski definition) is 2. The number of aryl methyl sites for hydroxylation is 1. The second-order valence-corrected chi connectivity index (χ2v) is 5.65. The second kappa shape index (κ2) is 7.63. The van der Waals surface area contributed by atoms with Gasteiger partial charge in [-0.3, -0.25) is 9.48 Å². The zero-order valence-corrected chi connectivity index (χ0v) is 13.8. The maximum absolute atomic E-state index is 12.2. The number of ether oxygens (including phenoxy) is 1. The van der Waals surface area contributed by atoms with Crippen molar-refractivity contribution in [1.29, 1.82) is 0 Å². The number of hydrogen-bond acceptors (Lipinski definition) is 4. The molecule has 0 saturated heterocycles.